The first-order valence-corrected chi connectivity index (χ1v) is 13.4. The monoisotopic (exact) mass is 591 g/mol. The van der Waals surface area contributed by atoms with E-state index in [0.29, 0.717) is 29.5 Å². The molecule has 2 aliphatic rings. The zero-order valence-corrected chi connectivity index (χ0v) is 22.2. The van der Waals surface area contributed by atoms with E-state index in [-0.39, 0.29) is 62.6 Å². The first-order valence-electron chi connectivity index (χ1n) is 12.6. The molecule has 5 heterocycles. The molecule has 0 unspecified atom stereocenters. The summed E-state index contributed by atoms with van der Waals surface area (Å²) in [5.74, 6) is -1.27. The predicted molar refractivity (Wildman–Crippen MR) is 141 cm³/mol. The van der Waals surface area contributed by atoms with Crippen molar-refractivity contribution in [1.29, 1.82) is 5.26 Å². The smallest absolute Gasteiger partial charge is 0.389 e. The van der Waals surface area contributed by atoms with Gasteiger partial charge in [-0.2, -0.15) is 18.4 Å². The van der Waals surface area contributed by atoms with Gasteiger partial charge in [-0.25, -0.2) is 18.7 Å². The lowest BCUT2D eigenvalue weighted by atomic mass is 9.94. The Morgan fingerprint density at radius 2 is 2.02 bits per heavy atom. The van der Waals surface area contributed by atoms with Gasteiger partial charge in [-0.05, 0) is 24.5 Å². The molecular weight excluding hydrogens is 569 g/mol. The van der Waals surface area contributed by atoms with Gasteiger partial charge in [-0.15, -0.1) is 11.3 Å². The Kier molecular flexibility index (Phi) is 6.68. The number of hydrogen-bond acceptors (Lipinski definition) is 10. The van der Waals surface area contributed by atoms with Crippen molar-refractivity contribution < 1.29 is 31.8 Å². The fourth-order valence-corrected chi connectivity index (χ4v) is 6.47. The number of nitrogens with zero attached hydrogens (tertiary/aromatic N) is 5. The summed E-state index contributed by atoms with van der Waals surface area (Å²) >= 11 is 0.878. The summed E-state index contributed by atoms with van der Waals surface area (Å²) in [6, 6.07) is 1.21. The molecule has 9 nitrogen and oxygen atoms in total. The predicted octanol–water partition coefficient (Wildman–Crippen LogP) is 4.15. The maximum atomic E-state index is 16.5. The van der Waals surface area contributed by atoms with Gasteiger partial charge in [0.1, 0.15) is 16.6 Å². The van der Waals surface area contributed by atoms with Crippen molar-refractivity contribution >= 4 is 43.3 Å². The van der Waals surface area contributed by atoms with Gasteiger partial charge >= 0.3 is 6.18 Å². The quantitative estimate of drug-likeness (QED) is 0.293. The molecule has 15 heteroatoms. The Balaban J connectivity index is 1.44. The molecule has 0 amide bonds. The van der Waals surface area contributed by atoms with Crippen LogP contribution in [0.1, 0.15) is 30.0 Å². The van der Waals surface area contributed by atoms with Crippen molar-refractivity contribution in [2.75, 3.05) is 23.7 Å². The van der Waals surface area contributed by atoms with Gasteiger partial charge in [0.15, 0.2) is 17.7 Å². The molecule has 4 N–H and O–H groups in total. The molecule has 4 aromatic rings. The van der Waals surface area contributed by atoms with E-state index in [4.69, 9.17) is 10.5 Å². The number of nitriles is 1. The summed E-state index contributed by atoms with van der Waals surface area (Å²) in [7, 11) is 0. The largest absolute Gasteiger partial charge is 0.415 e. The number of aliphatic hydroxyl groups is 1. The molecule has 0 saturated carbocycles. The molecule has 2 aliphatic heterocycles. The van der Waals surface area contributed by atoms with E-state index in [0.717, 1.165) is 17.5 Å². The second kappa shape index (κ2) is 9.98. The van der Waals surface area contributed by atoms with Crippen LogP contribution in [0.5, 0.6) is 0 Å². The van der Waals surface area contributed by atoms with Crippen molar-refractivity contribution in [3.05, 3.63) is 40.7 Å². The van der Waals surface area contributed by atoms with Crippen LogP contribution >= 0.6 is 11.3 Å². The van der Waals surface area contributed by atoms with Crippen LogP contribution in [-0.2, 0) is 18.0 Å². The fraction of sp³-hybridized carbons (Fsp3) is 0.385. The molecule has 0 aliphatic carbocycles. The Hall–Kier alpha value is -3.71. The maximum absolute atomic E-state index is 16.5. The second-order valence-electron chi connectivity index (χ2n) is 9.98. The van der Waals surface area contributed by atoms with Crippen LogP contribution in [-0.4, -0.2) is 57.5 Å². The maximum Gasteiger partial charge on any atom is 0.415 e. The third kappa shape index (κ3) is 4.42. The molecule has 6 rings (SSSR count). The van der Waals surface area contributed by atoms with Gasteiger partial charge in [0.25, 0.3) is 0 Å². The third-order valence-electron chi connectivity index (χ3n) is 7.70. The number of ether oxygens (including phenoxy) is 1. The second-order valence-corrected chi connectivity index (χ2v) is 11.0. The molecule has 3 atom stereocenters. The minimum absolute atomic E-state index is 0.00242. The molecule has 0 spiro atoms. The number of alkyl halides is 3. The Bertz CT molecular complexity index is 1740. The Morgan fingerprint density at radius 3 is 2.76 bits per heavy atom. The van der Waals surface area contributed by atoms with Gasteiger partial charge in [-0.3, -0.25) is 4.98 Å². The molecule has 214 valence electrons. The number of fused-ring (bicyclic) bond motifs is 4. The lowest BCUT2D eigenvalue weighted by Crippen LogP contribution is -2.46. The van der Waals surface area contributed by atoms with Crippen LogP contribution in [0.3, 0.4) is 0 Å². The molecule has 0 bridgehead atoms. The van der Waals surface area contributed by atoms with Crippen LogP contribution in [0.15, 0.2) is 12.4 Å². The first kappa shape index (κ1) is 27.5. The van der Waals surface area contributed by atoms with Gasteiger partial charge in [-0.1, -0.05) is 0 Å². The molecular formula is C26H22F5N7O2S. The number of nitrogens with two attached hydrogens (primary N) is 1. The number of halogens is 5. The SMILES string of the molecule is C[C@H]1[C@@H](NC[C@H](O)C(F)(F)F)CCN1c1ncc2c3c(c(-c4ncc(F)c5sc(N)c(C#N)c45)c(F)c2n1)COC3. The van der Waals surface area contributed by atoms with Crippen LogP contribution in [0, 0.1) is 23.0 Å². The van der Waals surface area contributed by atoms with Crippen molar-refractivity contribution in [1.82, 2.24) is 20.3 Å². The van der Waals surface area contributed by atoms with Gasteiger partial charge in [0, 0.05) is 47.7 Å². The minimum atomic E-state index is -4.73. The summed E-state index contributed by atoms with van der Waals surface area (Å²) in [5.41, 5.74) is 7.15. The average molecular weight is 592 g/mol. The lowest BCUT2D eigenvalue weighted by Gasteiger charge is -2.26. The van der Waals surface area contributed by atoms with Gasteiger partial charge in [0.05, 0.1) is 35.4 Å². The highest BCUT2D eigenvalue weighted by Gasteiger charge is 2.40. The Morgan fingerprint density at radius 1 is 1.27 bits per heavy atom. The van der Waals surface area contributed by atoms with Gasteiger partial charge < -0.3 is 25.8 Å². The summed E-state index contributed by atoms with van der Waals surface area (Å²) in [4.78, 5) is 14.9. The molecule has 41 heavy (non-hydrogen) atoms. The standard InChI is InChI=1S/C26H22F5N7O2S/c1-10-16(34-7-17(39)26(29,30)31)2-3-38(10)25-36-5-12-13-8-40-9-14(13)18(20(28)21(12)37-25)22-19-11(4-32)24(33)41-23(19)15(27)6-35-22/h5-6,10,16-17,34,39H,2-3,7-9,33H2,1H3/t10-,16-,17-/m0/s1. The van der Waals surface area contributed by atoms with Crippen LogP contribution < -0.4 is 16.0 Å². The molecule has 0 radical (unpaired) electrons. The van der Waals surface area contributed by atoms with Crippen LogP contribution in [0.25, 0.3) is 32.2 Å². The number of thiophene rings is 1. The number of nitrogen functional groups attached to an aromatic ring is 1. The number of nitrogens with one attached hydrogen (secondary N) is 1. The lowest BCUT2D eigenvalue weighted by molar-refractivity contribution is -0.202. The molecule has 1 aromatic carbocycles. The van der Waals surface area contributed by atoms with E-state index in [2.05, 4.69) is 20.3 Å². The minimum Gasteiger partial charge on any atom is -0.389 e. The average Bonchev–Trinajstić information content (AvgIpc) is 3.65. The van der Waals surface area contributed by atoms with Crippen LogP contribution in [0.4, 0.5) is 32.9 Å². The van der Waals surface area contributed by atoms with Crippen molar-refractivity contribution in [3.63, 3.8) is 0 Å². The van der Waals surface area contributed by atoms with E-state index in [1.165, 1.54) is 6.20 Å². The number of aromatic nitrogens is 3. The number of benzene rings is 1. The Labute approximate surface area is 233 Å². The third-order valence-corrected chi connectivity index (χ3v) is 8.72. The number of anilines is 2. The molecule has 1 fully saturated rings. The van der Waals surface area contributed by atoms with Crippen molar-refractivity contribution in [2.24, 2.45) is 0 Å². The number of rotatable bonds is 5. The van der Waals surface area contributed by atoms with E-state index < -0.39 is 36.5 Å². The zero-order chi connectivity index (χ0) is 29.2. The molecule has 3 aromatic heterocycles. The number of pyridine rings is 1. The van der Waals surface area contributed by atoms with E-state index >= 15 is 4.39 Å². The topological polar surface area (TPSA) is 133 Å². The summed E-state index contributed by atoms with van der Waals surface area (Å²) in [6.07, 6.45) is -4.34. The zero-order valence-electron chi connectivity index (χ0n) is 21.4. The van der Waals surface area contributed by atoms with E-state index in [1.54, 1.807) is 11.8 Å². The summed E-state index contributed by atoms with van der Waals surface area (Å²) in [6.45, 7) is 1.71. The van der Waals surface area contributed by atoms with Crippen molar-refractivity contribution in [3.8, 4) is 17.3 Å². The van der Waals surface area contributed by atoms with Gasteiger partial charge in [0.2, 0.25) is 5.95 Å². The highest BCUT2D eigenvalue weighted by Crippen LogP contribution is 2.45. The number of aliphatic hydroxyl groups excluding tert-OH is 1. The normalized spacial score (nSPS) is 19.7. The van der Waals surface area contributed by atoms with Crippen molar-refractivity contribution in [2.45, 2.75) is 50.9 Å². The molecule has 1 saturated heterocycles. The highest BCUT2D eigenvalue weighted by molar-refractivity contribution is 7.23. The summed E-state index contributed by atoms with van der Waals surface area (Å²) in [5, 5.41) is 22.4. The first-order chi connectivity index (χ1) is 19.5. The highest BCUT2D eigenvalue weighted by atomic mass is 32.1. The van der Waals surface area contributed by atoms with Crippen LogP contribution in [0.2, 0.25) is 0 Å². The fourth-order valence-electron chi connectivity index (χ4n) is 5.55. The number of hydrogen-bond donors (Lipinski definition) is 3. The van der Waals surface area contributed by atoms with E-state index in [1.807, 2.05) is 6.07 Å². The summed E-state index contributed by atoms with van der Waals surface area (Å²) < 4.78 is 75.1. The van der Waals surface area contributed by atoms with E-state index in [9.17, 15) is 27.9 Å².